The molecular formula is C36H30Br2ClN11O20S6. The number of rotatable bonds is 20. The zero-order valence-electron chi connectivity index (χ0n) is 36.8. The highest BCUT2D eigenvalue weighted by atomic mass is 79.9. The number of sulfone groups is 1. The summed E-state index contributed by atoms with van der Waals surface area (Å²) in [5.41, 5.74) is 1.30. The third-order valence-electron chi connectivity index (χ3n) is 9.47. The normalized spacial score (nSPS) is 13.3. The summed E-state index contributed by atoms with van der Waals surface area (Å²) in [6, 6.07) is 11.2. The van der Waals surface area contributed by atoms with Crippen LogP contribution in [0.3, 0.4) is 0 Å². The van der Waals surface area contributed by atoms with Crippen molar-refractivity contribution in [3.63, 3.8) is 0 Å². The molecule has 5 aromatic carbocycles. The van der Waals surface area contributed by atoms with Crippen molar-refractivity contribution < 1.29 is 87.4 Å². The summed E-state index contributed by atoms with van der Waals surface area (Å²) >= 11 is 12.3. The molecule has 6 aromatic rings. The molecule has 0 spiro atoms. The Morgan fingerprint density at radius 1 is 0.645 bits per heavy atom. The van der Waals surface area contributed by atoms with Crippen LogP contribution in [-0.2, 0) is 69.7 Å². The Hall–Kier alpha value is -6.05. The van der Waals surface area contributed by atoms with E-state index in [1.54, 1.807) is 0 Å². The fraction of sp³-hybridized carbons (Fsp3) is 0.111. The lowest BCUT2D eigenvalue weighted by Crippen LogP contribution is -2.23. The lowest BCUT2D eigenvalue weighted by molar-refractivity contribution is -0.115. The third-order valence-corrected chi connectivity index (χ3v) is 17.6. The Morgan fingerprint density at radius 3 is 1.71 bits per heavy atom. The Morgan fingerprint density at radius 2 is 1.16 bits per heavy atom. The molecule has 40 heteroatoms. The standard InChI is InChI=1S/C36H30Br2ClN11O20S6/c37-15-21(38)33(52)41-19-3-7-22(25(14-19)73(58,59)60)47-49-30-26(74(61,62)63)11-16-12-27(75(64,65)66)31(32(51)28(16)29(30)40)50-48-23-13-18(4-8-24(23)72(55,56)57)43-36-45-34(39)44-35(46-36)42-17-1-5-20(6-2-17)71(53,54)10-9-70-76(67,68)69/h1-8,11-14,21,51H,9-10,15,40H2,(H,41,52)(H,55,56,57)(H,58,59,60)(H,61,62,63)(H,64,65,66)(H,67,68,69)(H2,42,43,44,45,46). The second kappa shape index (κ2) is 22.5. The van der Waals surface area contributed by atoms with Crippen LogP contribution in [0.25, 0.3) is 10.8 Å². The van der Waals surface area contributed by atoms with Gasteiger partial charge < -0.3 is 26.8 Å². The SMILES string of the molecule is Nc1c(N=Nc2ccc(NC(=O)C(Br)CBr)cc2S(=O)(=O)O)c(S(=O)(=O)O)cc2cc(S(=O)(=O)O)c(N=Nc3cc(Nc4nc(Cl)nc(Nc5ccc(S(=O)(=O)CCOS(=O)(=O)O)cc5)n4)ccc3S(=O)(=O)O)c(O)c12. The first-order valence-electron chi connectivity index (χ1n) is 19.6. The lowest BCUT2D eigenvalue weighted by Gasteiger charge is -2.14. The fourth-order valence-corrected chi connectivity index (χ4v) is 10.8. The van der Waals surface area contributed by atoms with Crippen LogP contribution in [0.1, 0.15) is 0 Å². The predicted octanol–water partition coefficient (Wildman–Crippen LogP) is 5.96. The van der Waals surface area contributed by atoms with Gasteiger partial charge in [-0.3, -0.25) is 27.6 Å². The highest BCUT2D eigenvalue weighted by Crippen LogP contribution is 2.49. The number of nitrogens with zero attached hydrogens (tertiary/aromatic N) is 7. The number of fused-ring (bicyclic) bond motifs is 1. The number of halogens is 3. The Balaban J connectivity index is 1.39. The van der Waals surface area contributed by atoms with Crippen LogP contribution in [-0.4, -0.2) is 122 Å². The van der Waals surface area contributed by atoms with E-state index in [4.69, 9.17) is 21.9 Å². The number of carbonyl (C=O) groups excluding carboxylic acids is 1. The molecular weight excluding hydrogens is 1290 g/mol. The smallest absolute Gasteiger partial charge is 0.397 e. The van der Waals surface area contributed by atoms with Gasteiger partial charge in [-0.2, -0.15) is 57.0 Å². The number of nitrogen functional groups attached to an aromatic ring is 1. The number of alkyl halides is 2. The van der Waals surface area contributed by atoms with Crippen molar-refractivity contribution >= 4 is 178 Å². The number of nitrogens with two attached hydrogens (primary N) is 1. The van der Waals surface area contributed by atoms with Crippen LogP contribution in [0.5, 0.6) is 5.75 Å². The first kappa shape index (κ1) is 59.2. The van der Waals surface area contributed by atoms with Gasteiger partial charge in [0.1, 0.15) is 47.2 Å². The molecule has 6 rings (SSSR count). The summed E-state index contributed by atoms with van der Waals surface area (Å²) in [4.78, 5) is 18.6. The first-order valence-corrected chi connectivity index (χ1v) is 30.8. The summed E-state index contributed by atoms with van der Waals surface area (Å²) in [5, 5.41) is 32.2. The van der Waals surface area contributed by atoms with Crippen LogP contribution in [0.15, 0.2) is 118 Å². The number of nitrogens with one attached hydrogen (secondary N) is 3. The van der Waals surface area contributed by atoms with Crippen LogP contribution in [0.4, 0.5) is 57.4 Å². The summed E-state index contributed by atoms with van der Waals surface area (Å²) in [7, 11) is -30.4. The second-order valence-corrected chi connectivity index (χ2v) is 25.5. The van der Waals surface area contributed by atoms with Crippen molar-refractivity contribution in [1.29, 1.82) is 0 Å². The molecule has 1 aromatic heterocycles. The highest BCUT2D eigenvalue weighted by molar-refractivity contribution is 9.12. The molecule has 1 heterocycles. The monoisotopic (exact) mass is 1320 g/mol. The molecule has 0 aliphatic carbocycles. The maximum absolute atomic E-state index is 12.7. The van der Waals surface area contributed by atoms with Crippen LogP contribution in [0, 0.1) is 0 Å². The number of anilines is 6. The number of hydrogen-bond donors (Lipinski definition) is 10. The minimum absolute atomic E-state index is 0.135. The summed E-state index contributed by atoms with van der Waals surface area (Å²) in [6.07, 6.45) is 0. The van der Waals surface area contributed by atoms with Crippen LogP contribution in [0.2, 0.25) is 5.28 Å². The third kappa shape index (κ3) is 14.7. The van der Waals surface area contributed by atoms with Crippen molar-refractivity contribution in [2.45, 2.75) is 29.3 Å². The molecule has 31 nitrogen and oxygen atoms in total. The number of phenols is 1. The van der Waals surface area contributed by atoms with E-state index in [-0.39, 0.29) is 39.2 Å². The quantitative estimate of drug-likeness (QED) is 0.0182. The highest BCUT2D eigenvalue weighted by Gasteiger charge is 2.29. The van der Waals surface area contributed by atoms with Gasteiger partial charge in [-0.15, -0.1) is 20.5 Å². The number of phenolic OH excluding ortho intramolecular Hbond substituents is 1. The van der Waals surface area contributed by atoms with E-state index in [1.807, 2.05) is 0 Å². The van der Waals surface area contributed by atoms with Crippen LogP contribution >= 0.6 is 43.5 Å². The second-order valence-electron chi connectivity index (χ2n) is 14.7. The average Bonchev–Trinajstić information content (AvgIpc) is 3.28. The van der Waals surface area contributed by atoms with Crippen molar-refractivity contribution in [3.8, 4) is 5.75 Å². The number of benzene rings is 5. The number of carbonyl (C=O) groups is 1. The van der Waals surface area contributed by atoms with Gasteiger partial charge in [0.2, 0.25) is 23.1 Å². The number of hydrogen-bond acceptors (Lipinski definition) is 25. The van der Waals surface area contributed by atoms with Gasteiger partial charge >= 0.3 is 10.4 Å². The summed E-state index contributed by atoms with van der Waals surface area (Å²) in [6.45, 7) is -0.877. The van der Waals surface area contributed by atoms with E-state index >= 15 is 0 Å². The van der Waals surface area contributed by atoms with Gasteiger partial charge in [0.25, 0.3) is 40.5 Å². The van der Waals surface area contributed by atoms with E-state index in [0.717, 1.165) is 48.5 Å². The van der Waals surface area contributed by atoms with E-state index in [9.17, 15) is 78.6 Å². The maximum atomic E-state index is 12.7. The molecule has 1 unspecified atom stereocenters. The van der Waals surface area contributed by atoms with Crippen molar-refractivity contribution in [2.75, 3.05) is 39.4 Å². The molecule has 0 fully saturated rings. The predicted molar refractivity (Wildman–Crippen MR) is 273 cm³/mol. The van der Waals surface area contributed by atoms with Crippen molar-refractivity contribution in [1.82, 2.24) is 15.0 Å². The molecule has 406 valence electrons. The van der Waals surface area contributed by atoms with E-state index in [2.05, 4.69) is 87.4 Å². The lowest BCUT2D eigenvalue weighted by atomic mass is 10.1. The minimum atomic E-state index is -5.54. The number of aromatic nitrogens is 3. The molecule has 0 aliphatic heterocycles. The van der Waals surface area contributed by atoms with Gasteiger partial charge in [-0.1, -0.05) is 31.9 Å². The number of azo groups is 2. The molecule has 1 atom stereocenters. The summed E-state index contributed by atoms with van der Waals surface area (Å²) in [5.74, 6) is -3.46. The zero-order chi connectivity index (χ0) is 56.5. The fourth-order valence-electron chi connectivity index (χ4n) is 6.21. The van der Waals surface area contributed by atoms with E-state index in [0.29, 0.717) is 12.1 Å². The van der Waals surface area contributed by atoms with Crippen molar-refractivity contribution in [2.24, 2.45) is 20.5 Å². The van der Waals surface area contributed by atoms with Crippen molar-refractivity contribution in [3.05, 3.63) is 78.1 Å². The molecule has 0 saturated carbocycles. The van der Waals surface area contributed by atoms with Gasteiger partial charge in [-0.25, -0.2) is 12.6 Å². The minimum Gasteiger partial charge on any atom is -0.505 e. The first-order chi connectivity index (χ1) is 35.0. The molecule has 11 N–H and O–H groups in total. The topological polar surface area (TPSA) is 503 Å². The van der Waals surface area contributed by atoms with Gasteiger partial charge in [-0.05, 0) is 89.8 Å². The zero-order valence-corrected chi connectivity index (χ0v) is 45.6. The largest absolute Gasteiger partial charge is 0.505 e. The Kier molecular flexibility index (Phi) is 17.5. The summed E-state index contributed by atoms with van der Waals surface area (Å²) < 4.78 is 200. The Bertz CT molecular complexity index is 4130. The molecule has 1 amide bonds. The van der Waals surface area contributed by atoms with Crippen LogP contribution < -0.4 is 21.7 Å². The Labute approximate surface area is 450 Å². The number of aromatic hydroxyl groups is 1. The maximum Gasteiger partial charge on any atom is 0.397 e. The van der Waals surface area contributed by atoms with Gasteiger partial charge in [0.15, 0.2) is 15.6 Å². The number of amides is 1. The average molecular weight is 1320 g/mol. The van der Waals surface area contributed by atoms with E-state index < -0.39 is 154 Å². The molecule has 0 bridgehead atoms. The van der Waals surface area contributed by atoms with E-state index in [1.165, 1.54) is 12.1 Å². The molecule has 0 saturated heterocycles. The van der Waals surface area contributed by atoms with Gasteiger partial charge in [0, 0.05) is 22.4 Å². The molecule has 0 radical (unpaired) electrons. The van der Waals surface area contributed by atoms with Gasteiger partial charge in [0.05, 0.1) is 28.3 Å². The molecule has 76 heavy (non-hydrogen) atoms. The molecule has 0 aliphatic rings.